The Morgan fingerprint density at radius 3 is 2.58 bits per heavy atom. The molecular formula is C36H35FN4O4. The summed E-state index contributed by atoms with van der Waals surface area (Å²) in [6.45, 7) is 1.93. The van der Waals surface area contributed by atoms with E-state index in [1.807, 2.05) is 60.7 Å². The molecule has 9 heteroatoms. The molecule has 1 aromatic heterocycles. The predicted octanol–water partition coefficient (Wildman–Crippen LogP) is 6.27. The van der Waals surface area contributed by atoms with Gasteiger partial charge in [-0.1, -0.05) is 36.4 Å². The fourth-order valence-electron chi connectivity index (χ4n) is 6.54. The molecule has 0 bridgehead atoms. The summed E-state index contributed by atoms with van der Waals surface area (Å²) in [6.07, 6.45) is 5.24. The first-order valence-corrected chi connectivity index (χ1v) is 15.4. The second-order valence-corrected chi connectivity index (χ2v) is 11.8. The van der Waals surface area contributed by atoms with Gasteiger partial charge in [0, 0.05) is 25.3 Å². The summed E-state index contributed by atoms with van der Waals surface area (Å²) < 4.78 is 29.3. The zero-order chi connectivity index (χ0) is 31.1. The van der Waals surface area contributed by atoms with Crippen LogP contribution in [-0.2, 0) is 6.42 Å². The third-order valence-electron chi connectivity index (χ3n) is 9.05. The second-order valence-electron chi connectivity index (χ2n) is 11.8. The van der Waals surface area contributed by atoms with Gasteiger partial charge < -0.3 is 29.6 Å². The molecule has 1 amide bonds. The fourth-order valence-corrected chi connectivity index (χ4v) is 6.54. The maximum absolute atomic E-state index is 15.9. The van der Waals surface area contributed by atoms with E-state index in [1.165, 1.54) is 6.07 Å². The van der Waals surface area contributed by atoms with Crippen molar-refractivity contribution in [3.8, 4) is 22.9 Å². The van der Waals surface area contributed by atoms with Crippen molar-refractivity contribution < 1.29 is 18.7 Å². The monoisotopic (exact) mass is 606 g/mol. The summed E-state index contributed by atoms with van der Waals surface area (Å²) in [4.78, 5) is 29.5. The number of likely N-dealkylation sites (tertiary alicyclic amines) is 1. The molecule has 1 unspecified atom stereocenters. The standard InChI is InChI=1S/C36H35FN4O4/c1-40-17-5-8-25(40)14-16-39-36(43)28-21-41-30-18-23-6-3-4-7-24(23)19-31(30)45-35-32(29(37)20-27(33(35)41)34(28)42)38-15-13-22-9-11-26(44-2)12-10-22/h3-4,6-7,9-12,18-21,25,38H,5,8,13-17H2,1-2H3,(H,39,43). The van der Waals surface area contributed by atoms with Crippen molar-refractivity contribution in [2.45, 2.75) is 31.7 Å². The van der Waals surface area contributed by atoms with Crippen LogP contribution in [0.4, 0.5) is 10.1 Å². The number of nitrogens with one attached hydrogen (secondary N) is 2. The number of ether oxygens (including phenoxy) is 2. The largest absolute Gasteiger partial charge is 0.497 e. The van der Waals surface area contributed by atoms with Crippen LogP contribution < -0.4 is 25.5 Å². The maximum atomic E-state index is 15.9. The number of halogens is 1. The van der Waals surface area contributed by atoms with Crippen molar-refractivity contribution >= 4 is 33.3 Å². The van der Waals surface area contributed by atoms with Crippen molar-refractivity contribution in [2.24, 2.45) is 0 Å². The van der Waals surface area contributed by atoms with E-state index in [2.05, 4.69) is 22.6 Å². The predicted molar refractivity (Wildman–Crippen MR) is 175 cm³/mol. The third kappa shape index (κ3) is 5.37. The highest BCUT2D eigenvalue weighted by Gasteiger charge is 2.29. The number of pyridine rings is 1. The number of anilines is 1. The van der Waals surface area contributed by atoms with Gasteiger partial charge in [-0.15, -0.1) is 0 Å². The first kappa shape index (κ1) is 28.9. The van der Waals surface area contributed by atoms with Crippen LogP contribution in [-0.4, -0.2) is 55.2 Å². The van der Waals surface area contributed by atoms with Gasteiger partial charge in [0.25, 0.3) is 5.91 Å². The second kappa shape index (κ2) is 11.9. The Labute approximate surface area is 260 Å². The van der Waals surface area contributed by atoms with E-state index in [9.17, 15) is 9.59 Å². The van der Waals surface area contributed by atoms with Crippen LogP contribution in [0.1, 0.15) is 35.2 Å². The highest BCUT2D eigenvalue weighted by atomic mass is 19.1. The molecule has 7 rings (SSSR count). The number of carbonyl (C=O) groups is 1. The molecule has 0 saturated carbocycles. The molecule has 45 heavy (non-hydrogen) atoms. The van der Waals surface area contributed by atoms with Gasteiger partial charge in [-0.3, -0.25) is 9.59 Å². The van der Waals surface area contributed by atoms with Crippen LogP contribution in [0.2, 0.25) is 0 Å². The Balaban J connectivity index is 1.27. The lowest BCUT2D eigenvalue weighted by molar-refractivity contribution is 0.0949. The van der Waals surface area contributed by atoms with Crippen molar-refractivity contribution in [3.05, 3.63) is 100 Å². The molecule has 230 valence electrons. The summed E-state index contributed by atoms with van der Waals surface area (Å²) in [7, 11) is 3.72. The number of aromatic nitrogens is 1. The molecule has 2 N–H and O–H groups in total. The molecule has 4 aromatic carbocycles. The minimum Gasteiger partial charge on any atom is -0.497 e. The molecule has 2 aliphatic heterocycles. The number of nitrogens with zero attached hydrogens (tertiary/aromatic N) is 2. The SMILES string of the molecule is COc1ccc(CCNc2c(F)cc3c(=O)c(C(=O)NCCC4CCCN4C)cn4c3c2Oc2cc3ccccc3cc2-4)cc1. The van der Waals surface area contributed by atoms with E-state index >= 15 is 4.39 Å². The molecule has 1 saturated heterocycles. The Hall–Kier alpha value is -4.89. The molecule has 2 aliphatic rings. The Kier molecular flexibility index (Phi) is 7.63. The molecule has 8 nitrogen and oxygen atoms in total. The quantitative estimate of drug-likeness (QED) is 0.202. The highest BCUT2D eigenvalue weighted by molar-refractivity contribution is 6.02. The number of hydrogen-bond donors (Lipinski definition) is 2. The average molecular weight is 607 g/mol. The minimum atomic E-state index is -0.623. The van der Waals surface area contributed by atoms with Crippen molar-refractivity contribution in [3.63, 3.8) is 0 Å². The third-order valence-corrected chi connectivity index (χ3v) is 9.05. The summed E-state index contributed by atoms with van der Waals surface area (Å²) in [5.74, 6) is 0.399. The van der Waals surface area contributed by atoms with Gasteiger partial charge in [0.1, 0.15) is 22.5 Å². The van der Waals surface area contributed by atoms with Gasteiger partial charge in [0.2, 0.25) is 5.43 Å². The summed E-state index contributed by atoms with van der Waals surface area (Å²) in [5, 5.41) is 8.18. The molecular weight excluding hydrogens is 571 g/mol. The topological polar surface area (TPSA) is 84.8 Å². The first-order chi connectivity index (χ1) is 21.9. The van der Waals surface area contributed by atoms with Crippen LogP contribution in [0.15, 0.2) is 77.7 Å². The zero-order valence-electron chi connectivity index (χ0n) is 25.4. The molecule has 0 radical (unpaired) electrons. The van der Waals surface area contributed by atoms with Gasteiger partial charge in [-0.25, -0.2) is 4.39 Å². The lowest BCUT2D eigenvalue weighted by Gasteiger charge is -2.27. The van der Waals surface area contributed by atoms with E-state index in [-0.39, 0.29) is 22.4 Å². The number of hydrogen-bond acceptors (Lipinski definition) is 6. The summed E-state index contributed by atoms with van der Waals surface area (Å²) in [6, 6.07) is 21.1. The molecule has 1 atom stereocenters. The maximum Gasteiger partial charge on any atom is 0.256 e. The van der Waals surface area contributed by atoms with E-state index in [0.29, 0.717) is 42.5 Å². The van der Waals surface area contributed by atoms with Gasteiger partial charge in [0.05, 0.1) is 18.2 Å². The number of rotatable bonds is 9. The number of amides is 1. The Morgan fingerprint density at radius 2 is 1.84 bits per heavy atom. The highest BCUT2D eigenvalue weighted by Crippen LogP contribution is 2.46. The van der Waals surface area contributed by atoms with Crippen LogP contribution in [0.5, 0.6) is 17.2 Å². The van der Waals surface area contributed by atoms with Crippen molar-refractivity contribution in [1.82, 2.24) is 14.8 Å². The van der Waals surface area contributed by atoms with Crippen LogP contribution in [0, 0.1) is 5.82 Å². The molecule has 0 spiro atoms. The van der Waals surface area contributed by atoms with Gasteiger partial charge >= 0.3 is 0 Å². The fraction of sp³-hybridized carbons (Fsp3) is 0.278. The van der Waals surface area contributed by atoms with E-state index in [1.54, 1.807) is 17.9 Å². The molecule has 5 aromatic rings. The Morgan fingerprint density at radius 1 is 1.07 bits per heavy atom. The van der Waals surface area contributed by atoms with Gasteiger partial charge in [-0.05, 0) is 85.9 Å². The normalized spacial score (nSPS) is 15.6. The van der Waals surface area contributed by atoms with Crippen molar-refractivity contribution in [1.29, 1.82) is 0 Å². The summed E-state index contributed by atoms with van der Waals surface area (Å²) >= 11 is 0. The van der Waals surface area contributed by atoms with Gasteiger partial charge in [0.15, 0.2) is 17.3 Å². The van der Waals surface area contributed by atoms with E-state index < -0.39 is 17.2 Å². The number of methoxy groups -OCH3 is 1. The molecule has 0 aliphatic carbocycles. The average Bonchev–Trinajstić information content (AvgIpc) is 3.46. The van der Waals surface area contributed by atoms with Crippen molar-refractivity contribution in [2.75, 3.05) is 39.1 Å². The van der Waals surface area contributed by atoms with E-state index in [4.69, 9.17) is 9.47 Å². The molecule has 1 fully saturated rings. The number of benzene rings is 4. The van der Waals surface area contributed by atoms with Crippen LogP contribution in [0.25, 0.3) is 27.4 Å². The van der Waals surface area contributed by atoms with Gasteiger partial charge in [-0.2, -0.15) is 0 Å². The first-order valence-electron chi connectivity index (χ1n) is 15.4. The lowest BCUT2D eigenvalue weighted by atomic mass is 10.0. The number of fused-ring (bicyclic) bond motifs is 3. The zero-order valence-corrected chi connectivity index (χ0v) is 25.4. The lowest BCUT2D eigenvalue weighted by Crippen LogP contribution is -2.34. The Bertz CT molecular complexity index is 1990. The van der Waals surface area contributed by atoms with E-state index in [0.717, 1.165) is 47.9 Å². The smallest absolute Gasteiger partial charge is 0.256 e. The van der Waals surface area contributed by atoms with Crippen LogP contribution >= 0.6 is 0 Å². The summed E-state index contributed by atoms with van der Waals surface area (Å²) in [5.41, 5.74) is 1.75. The molecule has 3 heterocycles. The van der Waals surface area contributed by atoms with Crippen LogP contribution in [0.3, 0.4) is 0 Å². The minimum absolute atomic E-state index is 0.0335. The number of carbonyl (C=O) groups excluding carboxylic acids is 1.